The number of imidazole rings is 1. The van der Waals surface area contributed by atoms with Crippen LogP contribution in [0, 0.1) is 11.6 Å². The monoisotopic (exact) mass is 343 g/mol. The molecule has 0 unspecified atom stereocenters. The van der Waals surface area contributed by atoms with Crippen LogP contribution in [0.4, 0.5) is 17.6 Å². The molecule has 1 aromatic carbocycles. The average Bonchev–Trinajstić information content (AvgIpc) is 3.02. The predicted molar refractivity (Wildman–Crippen MR) is 81.5 cm³/mol. The van der Waals surface area contributed by atoms with Crippen LogP contribution < -0.4 is 10.6 Å². The lowest BCUT2D eigenvalue weighted by atomic mass is 10.2. The van der Waals surface area contributed by atoms with Crippen LogP contribution in [0.1, 0.15) is 24.9 Å². The number of rotatable bonds is 6. The summed E-state index contributed by atoms with van der Waals surface area (Å²) in [6, 6.07) is 3.11. The van der Waals surface area contributed by atoms with Crippen molar-refractivity contribution in [1.82, 2.24) is 20.2 Å². The zero-order valence-corrected chi connectivity index (χ0v) is 12.9. The summed E-state index contributed by atoms with van der Waals surface area (Å²) in [5.74, 6) is -0.708. The maximum absolute atomic E-state index is 13.6. The predicted octanol–water partition coefficient (Wildman–Crippen LogP) is 2.81. The van der Waals surface area contributed by atoms with Gasteiger partial charge in [0.15, 0.2) is 5.96 Å². The van der Waals surface area contributed by atoms with Gasteiger partial charge in [0.25, 0.3) is 0 Å². The van der Waals surface area contributed by atoms with E-state index >= 15 is 0 Å². The van der Waals surface area contributed by atoms with E-state index in [1.54, 1.807) is 0 Å². The molecule has 1 heterocycles. The van der Waals surface area contributed by atoms with Gasteiger partial charge >= 0.3 is 6.55 Å². The number of aliphatic imine (C=N–C) groups is 1. The first-order valence-electron chi connectivity index (χ1n) is 7.27. The van der Waals surface area contributed by atoms with Crippen LogP contribution in [0.3, 0.4) is 0 Å². The van der Waals surface area contributed by atoms with Gasteiger partial charge in [0.05, 0.1) is 13.1 Å². The SMILES string of the molecule is CCNC(=NCc1cc(F)ccc1F)NCc1nccn1C(F)F. The zero-order chi connectivity index (χ0) is 17.5. The van der Waals surface area contributed by atoms with E-state index in [9.17, 15) is 17.6 Å². The van der Waals surface area contributed by atoms with E-state index in [1.165, 1.54) is 12.4 Å². The maximum atomic E-state index is 13.6. The van der Waals surface area contributed by atoms with Crippen molar-refractivity contribution in [2.24, 2.45) is 4.99 Å². The van der Waals surface area contributed by atoms with E-state index in [2.05, 4.69) is 20.6 Å². The molecule has 2 aromatic rings. The molecule has 0 aliphatic carbocycles. The molecule has 1 aromatic heterocycles. The van der Waals surface area contributed by atoms with Crippen LogP contribution in [-0.4, -0.2) is 22.1 Å². The molecule has 2 rings (SSSR count). The van der Waals surface area contributed by atoms with Crippen molar-refractivity contribution in [3.8, 4) is 0 Å². The van der Waals surface area contributed by atoms with Crippen molar-refractivity contribution < 1.29 is 17.6 Å². The summed E-state index contributed by atoms with van der Waals surface area (Å²) in [5, 5.41) is 5.72. The van der Waals surface area contributed by atoms with Gasteiger partial charge in [-0.3, -0.25) is 4.57 Å². The largest absolute Gasteiger partial charge is 0.357 e. The highest BCUT2D eigenvalue weighted by molar-refractivity contribution is 5.79. The fraction of sp³-hybridized carbons (Fsp3) is 0.333. The Bertz CT molecular complexity index is 699. The molecule has 9 heteroatoms. The summed E-state index contributed by atoms with van der Waals surface area (Å²) < 4.78 is 53.0. The van der Waals surface area contributed by atoms with E-state index in [4.69, 9.17) is 0 Å². The number of aromatic nitrogens is 2. The summed E-state index contributed by atoms with van der Waals surface area (Å²) in [7, 11) is 0. The van der Waals surface area contributed by atoms with Gasteiger partial charge in [-0.15, -0.1) is 0 Å². The molecule has 0 bridgehead atoms. The summed E-state index contributed by atoms with van der Waals surface area (Å²) in [6.45, 7) is -0.442. The average molecular weight is 343 g/mol. The lowest BCUT2D eigenvalue weighted by molar-refractivity contribution is 0.0668. The molecule has 0 aliphatic heterocycles. The van der Waals surface area contributed by atoms with Gasteiger partial charge in [-0.1, -0.05) is 0 Å². The van der Waals surface area contributed by atoms with Crippen molar-refractivity contribution in [3.05, 3.63) is 53.6 Å². The number of benzene rings is 1. The molecule has 130 valence electrons. The Morgan fingerprint density at radius 3 is 2.79 bits per heavy atom. The van der Waals surface area contributed by atoms with Gasteiger partial charge < -0.3 is 10.6 Å². The van der Waals surface area contributed by atoms with Gasteiger partial charge in [-0.2, -0.15) is 8.78 Å². The second-order valence-corrected chi connectivity index (χ2v) is 4.81. The van der Waals surface area contributed by atoms with Crippen molar-refractivity contribution in [3.63, 3.8) is 0 Å². The van der Waals surface area contributed by atoms with Crippen LogP contribution in [-0.2, 0) is 13.1 Å². The van der Waals surface area contributed by atoms with E-state index in [-0.39, 0.29) is 30.4 Å². The highest BCUT2D eigenvalue weighted by Gasteiger charge is 2.11. The molecular weight excluding hydrogens is 326 g/mol. The van der Waals surface area contributed by atoms with Crippen LogP contribution in [0.15, 0.2) is 35.6 Å². The van der Waals surface area contributed by atoms with Gasteiger partial charge in [0.2, 0.25) is 0 Å². The first kappa shape index (κ1) is 17.8. The number of guanidine groups is 1. The van der Waals surface area contributed by atoms with E-state index < -0.39 is 18.2 Å². The van der Waals surface area contributed by atoms with Crippen LogP contribution in [0.2, 0.25) is 0 Å². The molecule has 0 radical (unpaired) electrons. The number of nitrogens with zero attached hydrogens (tertiary/aromatic N) is 3. The van der Waals surface area contributed by atoms with Crippen molar-refractivity contribution in [1.29, 1.82) is 0 Å². The van der Waals surface area contributed by atoms with Gasteiger partial charge in [-0.05, 0) is 25.1 Å². The minimum atomic E-state index is -2.69. The third kappa shape index (κ3) is 4.71. The van der Waals surface area contributed by atoms with Crippen LogP contribution >= 0.6 is 0 Å². The molecular formula is C15H17F4N5. The van der Waals surface area contributed by atoms with Gasteiger partial charge in [0.1, 0.15) is 17.5 Å². The Morgan fingerprint density at radius 2 is 2.08 bits per heavy atom. The molecule has 0 atom stereocenters. The third-order valence-electron chi connectivity index (χ3n) is 3.13. The van der Waals surface area contributed by atoms with Crippen LogP contribution in [0.5, 0.6) is 0 Å². The minimum Gasteiger partial charge on any atom is -0.357 e. The number of halogens is 4. The van der Waals surface area contributed by atoms with Crippen molar-refractivity contribution in [2.75, 3.05) is 6.54 Å². The molecule has 0 saturated heterocycles. The van der Waals surface area contributed by atoms with Gasteiger partial charge in [0, 0.05) is 24.5 Å². The summed E-state index contributed by atoms with van der Waals surface area (Å²) in [6.07, 6.45) is 2.45. The van der Waals surface area contributed by atoms with E-state index in [1.807, 2.05) is 6.92 Å². The molecule has 0 aliphatic rings. The highest BCUT2D eigenvalue weighted by atomic mass is 19.3. The fourth-order valence-electron chi connectivity index (χ4n) is 1.99. The summed E-state index contributed by atoms with van der Waals surface area (Å²) in [4.78, 5) is 7.96. The second-order valence-electron chi connectivity index (χ2n) is 4.81. The van der Waals surface area contributed by atoms with E-state index in [0.29, 0.717) is 6.54 Å². The Balaban J connectivity index is 2.05. The topological polar surface area (TPSA) is 54.2 Å². The number of hydrogen-bond donors (Lipinski definition) is 2. The Kier molecular flexibility index (Phi) is 6.16. The molecule has 24 heavy (non-hydrogen) atoms. The Morgan fingerprint density at radius 1 is 1.29 bits per heavy atom. The third-order valence-corrected chi connectivity index (χ3v) is 3.13. The Labute approximate surface area is 136 Å². The molecule has 5 nitrogen and oxygen atoms in total. The normalized spacial score (nSPS) is 11.8. The fourth-order valence-corrected chi connectivity index (χ4v) is 1.99. The summed E-state index contributed by atoms with van der Waals surface area (Å²) >= 11 is 0. The second kappa shape index (κ2) is 8.32. The highest BCUT2D eigenvalue weighted by Crippen LogP contribution is 2.12. The van der Waals surface area contributed by atoms with Gasteiger partial charge in [-0.25, -0.2) is 18.8 Å². The van der Waals surface area contributed by atoms with Crippen molar-refractivity contribution in [2.45, 2.75) is 26.6 Å². The van der Waals surface area contributed by atoms with Crippen LogP contribution in [0.25, 0.3) is 0 Å². The molecule has 0 amide bonds. The molecule has 2 N–H and O–H groups in total. The number of alkyl halides is 2. The maximum Gasteiger partial charge on any atom is 0.319 e. The smallest absolute Gasteiger partial charge is 0.319 e. The number of nitrogens with one attached hydrogen (secondary N) is 2. The quantitative estimate of drug-likeness (QED) is 0.482. The lowest BCUT2D eigenvalue weighted by Gasteiger charge is -2.12. The standard InChI is InChI=1S/C15H17F4N5/c1-2-20-15(22-8-10-7-11(16)3-4-12(10)17)23-9-13-21-5-6-24(13)14(18)19/h3-7,14H,2,8-9H2,1H3,(H2,20,22,23). The molecule has 0 spiro atoms. The molecule has 0 fully saturated rings. The van der Waals surface area contributed by atoms with Crippen molar-refractivity contribution >= 4 is 5.96 Å². The number of hydrogen-bond acceptors (Lipinski definition) is 2. The zero-order valence-electron chi connectivity index (χ0n) is 12.9. The minimum absolute atomic E-state index is 0.00874. The molecule has 0 saturated carbocycles. The van der Waals surface area contributed by atoms with E-state index in [0.717, 1.165) is 22.8 Å². The first-order valence-corrected chi connectivity index (χ1v) is 7.27. The first-order chi connectivity index (χ1) is 11.5. The summed E-state index contributed by atoms with van der Waals surface area (Å²) in [5.41, 5.74) is 0.0984. The lowest BCUT2D eigenvalue weighted by Crippen LogP contribution is -2.37. The Hall–Kier alpha value is -2.58.